The van der Waals surface area contributed by atoms with Gasteiger partial charge in [-0.2, -0.15) is 0 Å². The molecule has 6 aromatic rings. The van der Waals surface area contributed by atoms with E-state index in [1.165, 1.54) is 36.2 Å². The fourth-order valence-corrected chi connectivity index (χ4v) is 7.43. The molecule has 2 aliphatic rings. The molecule has 38 heavy (non-hydrogen) atoms. The van der Waals surface area contributed by atoms with Gasteiger partial charge in [0.05, 0.1) is 0 Å². The minimum absolute atomic E-state index is 0.204. The van der Waals surface area contributed by atoms with Crippen molar-refractivity contribution in [3.63, 3.8) is 0 Å². The third kappa shape index (κ3) is 3.28. The van der Waals surface area contributed by atoms with Crippen LogP contribution in [0.2, 0.25) is 0 Å². The number of hydrogen-bond donors (Lipinski definition) is 0. The van der Waals surface area contributed by atoms with E-state index in [4.69, 9.17) is 18.9 Å². The van der Waals surface area contributed by atoms with Crippen molar-refractivity contribution in [2.45, 2.75) is 0 Å². The predicted octanol–water partition coefficient (Wildman–Crippen LogP) is 4.83. The first-order valence-electron chi connectivity index (χ1n) is 12.5. The summed E-state index contributed by atoms with van der Waals surface area (Å²) >= 11 is -0.204. The van der Waals surface area contributed by atoms with Crippen LogP contribution in [-0.4, -0.2) is 18.5 Å². The van der Waals surface area contributed by atoms with Crippen LogP contribution in [0, 0.1) is 3.57 Å². The zero-order chi connectivity index (χ0) is 25.2. The van der Waals surface area contributed by atoms with Crippen molar-refractivity contribution in [3.05, 3.63) is 94.6 Å². The molecule has 0 N–H and O–H groups in total. The van der Waals surface area contributed by atoms with Crippen LogP contribution in [0.1, 0.15) is 0 Å². The van der Waals surface area contributed by atoms with E-state index in [9.17, 15) is 0 Å². The van der Waals surface area contributed by atoms with Gasteiger partial charge in [0.2, 0.25) is 0 Å². The van der Waals surface area contributed by atoms with Gasteiger partial charge in [-0.15, -0.1) is 0 Å². The van der Waals surface area contributed by atoms with Gasteiger partial charge in [0.15, 0.2) is 0 Å². The van der Waals surface area contributed by atoms with Crippen molar-refractivity contribution in [1.29, 1.82) is 0 Å². The van der Waals surface area contributed by atoms with Gasteiger partial charge in [-0.3, -0.25) is 0 Å². The van der Waals surface area contributed by atoms with Crippen molar-refractivity contribution in [3.8, 4) is 45.3 Å². The summed E-state index contributed by atoms with van der Waals surface area (Å²) in [5.74, 6) is 3.30. The zero-order valence-corrected chi connectivity index (χ0v) is 22.7. The average Bonchev–Trinajstić information content (AvgIpc) is 3.65. The molecule has 5 heteroatoms. The van der Waals surface area contributed by atoms with Crippen LogP contribution >= 0.6 is 0 Å². The second-order valence-electron chi connectivity index (χ2n) is 9.49. The normalized spacial score (nSPS) is 13.7. The van der Waals surface area contributed by atoms with Gasteiger partial charge in [0, 0.05) is 0 Å². The molecule has 4 nitrogen and oxygen atoms in total. The summed E-state index contributed by atoms with van der Waals surface area (Å²) in [6.45, 7) is 0.509. The molecule has 2 aliphatic heterocycles. The molecule has 0 unspecified atom stereocenters. The van der Waals surface area contributed by atoms with Crippen LogP contribution in [0.4, 0.5) is 0 Å². The minimum atomic E-state index is -0.204. The van der Waals surface area contributed by atoms with Crippen molar-refractivity contribution in [1.82, 2.24) is 0 Å². The number of benzene rings is 6. The Bertz CT molecular complexity index is 1900. The fourth-order valence-electron chi connectivity index (χ4n) is 5.69. The Hall–Kier alpha value is -3.97. The molecule has 0 bridgehead atoms. The van der Waals surface area contributed by atoms with E-state index in [-0.39, 0.29) is 34.8 Å². The van der Waals surface area contributed by atoms with E-state index in [1.807, 2.05) is 6.07 Å². The number of ether oxygens (including phenoxy) is 4. The molecular formula is C33H22IO4-. The van der Waals surface area contributed by atoms with Crippen LogP contribution in [-0.2, 0) is 0 Å². The first-order chi connectivity index (χ1) is 18.8. The van der Waals surface area contributed by atoms with Crippen LogP contribution < -0.4 is 40.2 Å². The van der Waals surface area contributed by atoms with Crippen LogP contribution in [0.15, 0.2) is 91.0 Å². The van der Waals surface area contributed by atoms with E-state index in [1.54, 1.807) is 0 Å². The number of halogens is 1. The van der Waals surface area contributed by atoms with Crippen molar-refractivity contribution in [2.24, 2.45) is 0 Å². The van der Waals surface area contributed by atoms with Gasteiger partial charge in [0.25, 0.3) is 0 Å². The van der Waals surface area contributed by atoms with Crippen molar-refractivity contribution in [2.75, 3.05) is 18.5 Å². The molecule has 0 spiro atoms. The van der Waals surface area contributed by atoms with E-state index >= 15 is 0 Å². The van der Waals surface area contributed by atoms with Gasteiger partial charge in [-0.1, -0.05) is 18.2 Å². The molecule has 0 saturated carbocycles. The van der Waals surface area contributed by atoms with Crippen LogP contribution in [0.25, 0.3) is 54.6 Å². The monoisotopic (exact) mass is 609 g/mol. The Morgan fingerprint density at radius 1 is 0.553 bits per heavy atom. The van der Waals surface area contributed by atoms with E-state index in [0.29, 0.717) is 0 Å². The first-order valence-corrected chi connectivity index (χ1v) is 15.7. The van der Waals surface area contributed by atoms with Gasteiger partial charge < -0.3 is 0 Å². The average molecular weight is 609 g/mol. The number of alkyl halides is 1. The summed E-state index contributed by atoms with van der Waals surface area (Å²) in [5.41, 5.74) is 4.56. The Kier molecular flexibility index (Phi) is 4.95. The molecule has 0 saturated heterocycles. The number of hydrogen-bond acceptors (Lipinski definition) is 4. The van der Waals surface area contributed by atoms with Crippen LogP contribution in [0.5, 0.6) is 23.0 Å². The zero-order valence-electron chi connectivity index (χ0n) is 20.6. The maximum atomic E-state index is 6.12. The first kappa shape index (κ1) is 22.1. The van der Waals surface area contributed by atoms with E-state index in [0.717, 1.165) is 44.9 Å². The molecule has 0 aromatic heterocycles. The van der Waals surface area contributed by atoms with Crippen molar-refractivity contribution >= 4 is 32.3 Å². The van der Waals surface area contributed by atoms with Gasteiger partial charge in [0.1, 0.15) is 0 Å². The summed E-state index contributed by atoms with van der Waals surface area (Å²) in [4.78, 5) is 2.31. The molecule has 0 amide bonds. The molecule has 0 fully saturated rings. The number of rotatable bonds is 3. The Labute approximate surface area is 230 Å². The molecule has 0 aliphatic carbocycles. The maximum absolute atomic E-state index is 6.12. The van der Waals surface area contributed by atoms with E-state index < -0.39 is 0 Å². The summed E-state index contributed by atoms with van der Waals surface area (Å²) < 4.78 is 25.0. The van der Waals surface area contributed by atoms with Gasteiger partial charge in [-0.05, 0) is 0 Å². The Morgan fingerprint density at radius 2 is 1.26 bits per heavy atom. The Morgan fingerprint density at radius 3 is 2.08 bits per heavy atom. The molecule has 8 rings (SSSR count). The summed E-state index contributed by atoms with van der Waals surface area (Å²) in [5, 5.41) is 7.19. The summed E-state index contributed by atoms with van der Waals surface area (Å²) in [7, 11) is 0. The van der Waals surface area contributed by atoms with Crippen molar-refractivity contribution < 1.29 is 40.2 Å². The third-order valence-corrected chi connectivity index (χ3v) is 9.51. The molecular weight excluding hydrogens is 587 g/mol. The molecule has 2 heterocycles. The van der Waals surface area contributed by atoms with Crippen LogP contribution in [0.3, 0.4) is 0 Å². The predicted molar refractivity (Wildman–Crippen MR) is 147 cm³/mol. The van der Waals surface area contributed by atoms with Gasteiger partial charge >= 0.3 is 213 Å². The Balaban J connectivity index is 1.39. The molecule has 0 radical (unpaired) electrons. The standard InChI is InChI=1S/C33H22IO4/c1-34-28-15-27-26(23-12-11-22-13-29-30(36-17-35-29)16-24(22)31(23)28)14-25(32-33(27)38-18-37-32)21-9-7-20(8-10-21)19-5-3-2-4-6-19/h2-16H,17-18H2,1H3/q-1. The molecule has 0 atom stereocenters. The fraction of sp³-hybridized carbons (Fsp3) is 0.0909. The summed E-state index contributed by atoms with van der Waals surface area (Å²) in [6.07, 6.45) is 0. The molecule has 6 aromatic carbocycles. The SMILES string of the molecule is C[I-]c1cc2c3c(c(-c4ccc(-c5ccccc5)cc4)cc2c2ccc4cc5c(cc4c12)OCO5)OCO3. The van der Waals surface area contributed by atoms with E-state index in [2.05, 4.69) is 89.9 Å². The quantitative estimate of drug-likeness (QED) is 0.164. The second kappa shape index (κ2) is 8.53. The molecule has 186 valence electrons. The topological polar surface area (TPSA) is 36.9 Å². The summed E-state index contributed by atoms with van der Waals surface area (Å²) in [6, 6.07) is 32.4. The second-order valence-corrected chi connectivity index (χ2v) is 11.7. The van der Waals surface area contributed by atoms with Gasteiger partial charge in [-0.25, -0.2) is 0 Å². The third-order valence-electron chi connectivity index (χ3n) is 7.50. The number of fused-ring (bicyclic) bond motifs is 8.